The third-order valence-electron chi connectivity index (χ3n) is 2.54. The highest BCUT2D eigenvalue weighted by Crippen LogP contribution is 2.26. The van der Waals surface area contributed by atoms with Gasteiger partial charge in [0.1, 0.15) is 11.6 Å². The zero-order chi connectivity index (χ0) is 13.8. The Bertz CT molecular complexity index is 616. The lowest BCUT2D eigenvalue weighted by atomic mass is 10.1. The molecule has 0 saturated carbocycles. The lowest BCUT2D eigenvalue weighted by Crippen LogP contribution is -2.15. The topological polar surface area (TPSA) is 49.3 Å². The molecular weight excluding hydrogens is 269 g/mol. The van der Waals surface area contributed by atoms with Crippen LogP contribution < -0.4 is 5.32 Å². The maximum absolute atomic E-state index is 13.4. The molecule has 0 bridgehead atoms. The number of carbonyl (C=O) groups is 1. The number of carbonyl (C=O) groups excluding carboxylic acids is 1. The minimum Gasteiger partial charge on any atom is -0.506 e. The fraction of sp³-hybridized carbons (Fsp3) is 0.0714. The zero-order valence-corrected chi connectivity index (χ0v) is 10.6. The molecule has 0 aliphatic carbocycles. The van der Waals surface area contributed by atoms with E-state index in [1.54, 1.807) is 12.1 Å². The molecule has 0 aliphatic heterocycles. The van der Waals surface area contributed by atoms with Crippen molar-refractivity contribution in [2.45, 2.75) is 6.42 Å². The molecule has 2 aromatic carbocycles. The lowest BCUT2D eigenvalue weighted by Gasteiger charge is -2.08. The summed E-state index contributed by atoms with van der Waals surface area (Å²) in [4.78, 5) is 11.8. The average molecular weight is 280 g/mol. The van der Waals surface area contributed by atoms with Gasteiger partial charge in [0.2, 0.25) is 5.91 Å². The molecule has 5 heteroatoms. The molecule has 0 aromatic heterocycles. The SMILES string of the molecule is O=C(Cc1ccccc1F)Nc1cc(Cl)ccc1O. The van der Waals surface area contributed by atoms with Gasteiger partial charge in [-0.25, -0.2) is 4.39 Å². The molecule has 0 atom stereocenters. The third kappa shape index (κ3) is 3.45. The Kier molecular flexibility index (Phi) is 4.02. The Hall–Kier alpha value is -2.07. The number of hydrogen-bond donors (Lipinski definition) is 2. The van der Waals surface area contributed by atoms with Crippen LogP contribution >= 0.6 is 11.6 Å². The zero-order valence-electron chi connectivity index (χ0n) is 9.86. The molecule has 0 fully saturated rings. The number of nitrogens with one attached hydrogen (secondary N) is 1. The summed E-state index contributed by atoms with van der Waals surface area (Å²) in [6.07, 6.45) is -0.112. The van der Waals surface area contributed by atoms with E-state index in [0.29, 0.717) is 10.6 Å². The maximum Gasteiger partial charge on any atom is 0.229 e. The summed E-state index contributed by atoms with van der Waals surface area (Å²) in [7, 11) is 0. The third-order valence-corrected chi connectivity index (χ3v) is 2.78. The van der Waals surface area contributed by atoms with Crippen molar-refractivity contribution in [1.29, 1.82) is 0 Å². The van der Waals surface area contributed by atoms with Crippen LogP contribution in [0.5, 0.6) is 5.75 Å². The van der Waals surface area contributed by atoms with Gasteiger partial charge in [0.25, 0.3) is 0 Å². The van der Waals surface area contributed by atoms with E-state index < -0.39 is 11.7 Å². The Labute approximate surface area is 114 Å². The van der Waals surface area contributed by atoms with Gasteiger partial charge in [0.05, 0.1) is 12.1 Å². The average Bonchev–Trinajstić information content (AvgIpc) is 2.37. The standard InChI is InChI=1S/C14H11ClFNO2/c15-10-5-6-13(18)12(8-10)17-14(19)7-9-3-1-2-4-11(9)16/h1-6,8,18H,7H2,(H,17,19). The quantitative estimate of drug-likeness (QED) is 0.847. The van der Waals surface area contributed by atoms with Gasteiger partial charge in [-0.05, 0) is 29.8 Å². The summed E-state index contributed by atoms with van der Waals surface area (Å²) in [5.41, 5.74) is 0.496. The fourth-order valence-corrected chi connectivity index (χ4v) is 1.79. The fourth-order valence-electron chi connectivity index (χ4n) is 1.62. The first-order valence-corrected chi connectivity index (χ1v) is 5.96. The van der Waals surface area contributed by atoms with E-state index in [-0.39, 0.29) is 17.9 Å². The largest absolute Gasteiger partial charge is 0.506 e. The van der Waals surface area contributed by atoms with Crippen LogP contribution in [-0.2, 0) is 11.2 Å². The van der Waals surface area contributed by atoms with Crippen LogP contribution in [0.2, 0.25) is 5.02 Å². The van der Waals surface area contributed by atoms with Crippen molar-refractivity contribution in [3.63, 3.8) is 0 Å². The van der Waals surface area contributed by atoms with Crippen molar-refractivity contribution in [3.05, 3.63) is 58.9 Å². The highest BCUT2D eigenvalue weighted by atomic mass is 35.5. The molecule has 0 radical (unpaired) electrons. The molecule has 98 valence electrons. The van der Waals surface area contributed by atoms with Crippen molar-refractivity contribution in [3.8, 4) is 5.75 Å². The normalized spacial score (nSPS) is 10.2. The summed E-state index contributed by atoms with van der Waals surface area (Å²) in [6, 6.07) is 10.3. The molecule has 0 saturated heterocycles. The summed E-state index contributed by atoms with van der Waals surface area (Å²) in [5, 5.41) is 12.4. The number of amides is 1. The van der Waals surface area contributed by atoms with Crippen LogP contribution in [0.3, 0.4) is 0 Å². The molecule has 2 N–H and O–H groups in total. The first-order valence-electron chi connectivity index (χ1n) is 5.58. The van der Waals surface area contributed by atoms with Crippen molar-refractivity contribution < 1.29 is 14.3 Å². The molecule has 2 aromatic rings. The molecule has 19 heavy (non-hydrogen) atoms. The van der Waals surface area contributed by atoms with Gasteiger partial charge < -0.3 is 10.4 Å². The van der Waals surface area contributed by atoms with E-state index in [0.717, 1.165) is 0 Å². The molecular formula is C14H11ClFNO2. The monoisotopic (exact) mass is 279 g/mol. The van der Waals surface area contributed by atoms with Gasteiger partial charge in [-0.15, -0.1) is 0 Å². The highest BCUT2D eigenvalue weighted by molar-refractivity contribution is 6.31. The Morgan fingerprint density at radius 2 is 2.00 bits per heavy atom. The number of hydrogen-bond acceptors (Lipinski definition) is 2. The van der Waals surface area contributed by atoms with Gasteiger partial charge in [-0.1, -0.05) is 29.8 Å². The Morgan fingerprint density at radius 1 is 1.26 bits per heavy atom. The second kappa shape index (κ2) is 5.71. The van der Waals surface area contributed by atoms with Crippen LogP contribution in [0.15, 0.2) is 42.5 Å². The van der Waals surface area contributed by atoms with Gasteiger partial charge >= 0.3 is 0 Å². The van der Waals surface area contributed by atoms with Crippen molar-refractivity contribution in [2.75, 3.05) is 5.32 Å². The van der Waals surface area contributed by atoms with Gasteiger partial charge in [-0.3, -0.25) is 4.79 Å². The van der Waals surface area contributed by atoms with Crippen LogP contribution in [0.1, 0.15) is 5.56 Å². The predicted octanol–water partition coefficient (Wildman–Crippen LogP) is 3.37. The lowest BCUT2D eigenvalue weighted by molar-refractivity contribution is -0.115. The van der Waals surface area contributed by atoms with Gasteiger partial charge in [0.15, 0.2) is 0 Å². The van der Waals surface area contributed by atoms with Crippen LogP contribution in [0, 0.1) is 5.82 Å². The number of aromatic hydroxyl groups is 1. The molecule has 0 unspecified atom stereocenters. The van der Waals surface area contributed by atoms with E-state index in [1.165, 1.54) is 30.3 Å². The van der Waals surface area contributed by atoms with E-state index in [9.17, 15) is 14.3 Å². The number of anilines is 1. The summed E-state index contributed by atoms with van der Waals surface area (Å²) in [5.74, 6) is -0.957. The minimum atomic E-state index is -0.437. The number of halogens is 2. The number of benzene rings is 2. The van der Waals surface area contributed by atoms with Crippen LogP contribution in [-0.4, -0.2) is 11.0 Å². The Morgan fingerprint density at radius 3 is 2.74 bits per heavy atom. The van der Waals surface area contributed by atoms with E-state index >= 15 is 0 Å². The summed E-state index contributed by atoms with van der Waals surface area (Å²) < 4.78 is 13.4. The minimum absolute atomic E-state index is 0.0914. The smallest absolute Gasteiger partial charge is 0.229 e. The van der Waals surface area contributed by atoms with Crippen molar-refractivity contribution in [2.24, 2.45) is 0 Å². The molecule has 1 amide bonds. The second-order valence-electron chi connectivity index (χ2n) is 3.98. The molecule has 3 nitrogen and oxygen atoms in total. The second-order valence-corrected chi connectivity index (χ2v) is 4.41. The number of phenols is 1. The molecule has 0 spiro atoms. The van der Waals surface area contributed by atoms with Crippen LogP contribution in [0.25, 0.3) is 0 Å². The van der Waals surface area contributed by atoms with Gasteiger partial charge in [-0.2, -0.15) is 0 Å². The summed E-state index contributed by atoms with van der Waals surface area (Å²) in [6.45, 7) is 0. The predicted molar refractivity (Wildman–Crippen MR) is 71.9 cm³/mol. The first-order chi connectivity index (χ1) is 9.06. The van der Waals surface area contributed by atoms with Crippen molar-refractivity contribution in [1.82, 2.24) is 0 Å². The van der Waals surface area contributed by atoms with Gasteiger partial charge in [0, 0.05) is 5.02 Å². The van der Waals surface area contributed by atoms with E-state index in [4.69, 9.17) is 11.6 Å². The van der Waals surface area contributed by atoms with Crippen LogP contribution in [0.4, 0.5) is 10.1 Å². The Balaban J connectivity index is 2.10. The molecule has 0 aliphatic rings. The van der Waals surface area contributed by atoms with Crippen molar-refractivity contribution >= 4 is 23.2 Å². The summed E-state index contributed by atoms with van der Waals surface area (Å²) >= 11 is 5.76. The maximum atomic E-state index is 13.4. The number of phenolic OH excluding ortho intramolecular Hbond substituents is 1. The first kappa shape index (κ1) is 13.4. The molecule has 0 heterocycles. The number of rotatable bonds is 3. The highest BCUT2D eigenvalue weighted by Gasteiger charge is 2.10. The van der Waals surface area contributed by atoms with E-state index in [1.807, 2.05) is 0 Å². The molecule has 2 rings (SSSR count). The van der Waals surface area contributed by atoms with E-state index in [2.05, 4.69) is 5.32 Å².